The summed E-state index contributed by atoms with van der Waals surface area (Å²) in [5.41, 5.74) is 0.125. The molecule has 6 rings (SSSR count). The predicted molar refractivity (Wildman–Crippen MR) is 177 cm³/mol. The lowest BCUT2D eigenvalue weighted by molar-refractivity contribution is -0.138. The summed E-state index contributed by atoms with van der Waals surface area (Å²) in [6, 6.07) is 15.6. The minimum atomic E-state index is -4.45. The molecular formula is C34H39ClN4O7S. The van der Waals surface area contributed by atoms with Crippen molar-refractivity contribution in [1.29, 1.82) is 0 Å². The molecule has 3 heterocycles. The van der Waals surface area contributed by atoms with Gasteiger partial charge in [-0.3, -0.25) is 19.4 Å². The molecule has 0 aromatic heterocycles. The van der Waals surface area contributed by atoms with Gasteiger partial charge in [-0.05, 0) is 73.0 Å². The number of hydrogen-bond acceptors (Lipinski definition) is 9. The SMILES string of the molecule is COc1ccc(S(=O)(=O)N2C(=O)[C@](c3cc(CN4CCOCC4)ccc3OC)(N3CCCC3C(=O)N(C)C)c3cc(Cl)ccc32)cc1. The van der Waals surface area contributed by atoms with Crippen molar-refractivity contribution in [3.05, 3.63) is 82.4 Å². The average Bonchev–Trinajstić information content (AvgIpc) is 3.65. The van der Waals surface area contributed by atoms with Crippen molar-refractivity contribution in [2.75, 3.05) is 65.5 Å². The quantitative estimate of drug-likeness (QED) is 0.334. The molecule has 2 amide bonds. The van der Waals surface area contributed by atoms with Crippen LogP contribution in [0.2, 0.25) is 5.02 Å². The van der Waals surface area contributed by atoms with E-state index in [4.69, 9.17) is 25.8 Å². The molecule has 250 valence electrons. The van der Waals surface area contributed by atoms with Gasteiger partial charge in [-0.2, -0.15) is 0 Å². The second-order valence-electron chi connectivity index (χ2n) is 12.1. The van der Waals surface area contributed by atoms with E-state index in [0.717, 1.165) is 23.0 Å². The van der Waals surface area contributed by atoms with Gasteiger partial charge in [0.1, 0.15) is 11.5 Å². The molecule has 0 N–H and O–H groups in total. The number of benzene rings is 3. The minimum Gasteiger partial charge on any atom is -0.497 e. The fourth-order valence-electron chi connectivity index (χ4n) is 7.01. The number of ether oxygens (including phenoxy) is 3. The summed E-state index contributed by atoms with van der Waals surface area (Å²) in [6.07, 6.45) is 1.11. The van der Waals surface area contributed by atoms with Crippen LogP contribution >= 0.6 is 11.6 Å². The first kappa shape index (κ1) is 33.2. The number of nitrogens with zero attached hydrogens (tertiary/aromatic N) is 4. The van der Waals surface area contributed by atoms with Crippen molar-refractivity contribution in [2.24, 2.45) is 0 Å². The van der Waals surface area contributed by atoms with Crippen LogP contribution in [0.3, 0.4) is 0 Å². The van der Waals surface area contributed by atoms with Gasteiger partial charge in [-0.15, -0.1) is 0 Å². The standard InChI is InChI=1S/C34H39ClN4O7S/c1-36(2)32(40)30-6-5-15-38(30)34(28-20-23(7-14-31(28)45-4)22-37-16-18-46-19-17-37)27-21-24(35)8-13-29(27)39(33(34)41)47(42,43)26-11-9-25(44-3)10-12-26/h7-14,20-21,30H,5-6,15-19,22H2,1-4H3/t30?,34-/m0/s1. The van der Waals surface area contributed by atoms with Crippen LogP contribution in [-0.4, -0.2) is 102 Å². The summed E-state index contributed by atoms with van der Waals surface area (Å²) >= 11 is 6.65. The minimum absolute atomic E-state index is 0.0845. The number of fused-ring (bicyclic) bond motifs is 1. The van der Waals surface area contributed by atoms with Gasteiger partial charge >= 0.3 is 0 Å². The Morgan fingerprint density at radius 3 is 2.36 bits per heavy atom. The van der Waals surface area contributed by atoms with Gasteiger partial charge in [0.05, 0.1) is 44.1 Å². The number of likely N-dealkylation sites (tertiary alicyclic amines) is 1. The number of halogens is 1. The van der Waals surface area contributed by atoms with E-state index in [-0.39, 0.29) is 16.5 Å². The fourth-order valence-corrected chi connectivity index (χ4v) is 8.64. The summed E-state index contributed by atoms with van der Waals surface area (Å²) in [7, 11) is 1.91. The van der Waals surface area contributed by atoms with E-state index in [0.29, 0.717) is 66.8 Å². The van der Waals surface area contributed by atoms with Crippen LogP contribution in [-0.2, 0) is 36.4 Å². The Hall–Kier alpha value is -3.68. The summed E-state index contributed by atoms with van der Waals surface area (Å²) in [5, 5.41) is 0.322. The summed E-state index contributed by atoms with van der Waals surface area (Å²) in [5.74, 6) is -0.0483. The van der Waals surface area contributed by atoms with Gasteiger partial charge in [0.2, 0.25) is 5.91 Å². The average molecular weight is 683 g/mol. The first-order valence-corrected chi connectivity index (χ1v) is 17.3. The maximum absolute atomic E-state index is 15.5. The molecule has 0 spiro atoms. The van der Waals surface area contributed by atoms with E-state index in [1.807, 2.05) is 23.1 Å². The van der Waals surface area contributed by atoms with Gasteiger partial charge in [-0.25, -0.2) is 12.7 Å². The molecule has 3 aliphatic heterocycles. The molecule has 0 bridgehead atoms. The maximum atomic E-state index is 15.5. The molecule has 3 aliphatic rings. The molecule has 13 heteroatoms. The zero-order chi connectivity index (χ0) is 33.5. The van der Waals surface area contributed by atoms with Crippen molar-refractivity contribution < 1.29 is 32.2 Å². The van der Waals surface area contributed by atoms with E-state index in [9.17, 15) is 13.2 Å². The van der Waals surface area contributed by atoms with Gasteiger partial charge in [0.15, 0.2) is 5.54 Å². The second kappa shape index (κ2) is 13.1. The summed E-state index contributed by atoms with van der Waals surface area (Å²) in [4.78, 5) is 34.8. The third-order valence-electron chi connectivity index (χ3n) is 9.23. The molecule has 2 atom stereocenters. The van der Waals surface area contributed by atoms with Crippen LogP contribution in [0.25, 0.3) is 0 Å². The molecule has 0 aliphatic carbocycles. The van der Waals surface area contributed by atoms with Gasteiger partial charge in [-0.1, -0.05) is 17.7 Å². The third-order valence-corrected chi connectivity index (χ3v) is 11.2. The number of morpholine rings is 1. The number of methoxy groups -OCH3 is 2. The van der Waals surface area contributed by atoms with Gasteiger partial charge in [0, 0.05) is 56.4 Å². The van der Waals surface area contributed by atoms with E-state index >= 15 is 4.79 Å². The molecule has 2 saturated heterocycles. The molecular weight excluding hydrogens is 644 g/mol. The molecule has 11 nitrogen and oxygen atoms in total. The van der Waals surface area contributed by atoms with E-state index in [1.54, 1.807) is 32.3 Å². The predicted octanol–water partition coefficient (Wildman–Crippen LogP) is 3.72. The van der Waals surface area contributed by atoms with Gasteiger partial charge < -0.3 is 19.1 Å². The zero-order valence-electron chi connectivity index (χ0n) is 26.9. The van der Waals surface area contributed by atoms with Crippen LogP contribution in [0.5, 0.6) is 11.5 Å². The number of sulfonamides is 1. The normalized spacial score (nSPS) is 21.9. The Balaban J connectivity index is 1.62. The molecule has 3 aromatic carbocycles. The first-order valence-electron chi connectivity index (χ1n) is 15.5. The number of anilines is 1. The van der Waals surface area contributed by atoms with Crippen molar-refractivity contribution in [3.8, 4) is 11.5 Å². The smallest absolute Gasteiger partial charge is 0.271 e. The van der Waals surface area contributed by atoms with E-state index in [1.165, 1.54) is 43.4 Å². The summed E-state index contributed by atoms with van der Waals surface area (Å²) in [6.45, 7) is 3.69. The molecule has 47 heavy (non-hydrogen) atoms. The van der Waals surface area contributed by atoms with Crippen LogP contribution in [0.15, 0.2) is 65.6 Å². The highest BCUT2D eigenvalue weighted by Crippen LogP contribution is 2.55. The molecule has 3 aromatic rings. The number of amides is 2. The Morgan fingerprint density at radius 1 is 0.979 bits per heavy atom. The topological polar surface area (TPSA) is 109 Å². The van der Waals surface area contributed by atoms with Gasteiger partial charge in [0.25, 0.3) is 15.9 Å². The zero-order valence-corrected chi connectivity index (χ0v) is 28.5. The Bertz CT molecular complexity index is 1780. The van der Waals surface area contributed by atoms with E-state index < -0.39 is 27.5 Å². The number of carbonyl (C=O) groups is 2. The number of rotatable bonds is 9. The largest absolute Gasteiger partial charge is 0.497 e. The van der Waals surface area contributed by atoms with Crippen LogP contribution in [0.4, 0.5) is 5.69 Å². The lowest BCUT2D eigenvalue weighted by atomic mass is 9.80. The van der Waals surface area contributed by atoms with E-state index in [2.05, 4.69) is 4.90 Å². The Labute approximate surface area is 280 Å². The van der Waals surface area contributed by atoms with Crippen molar-refractivity contribution in [1.82, 2.24) is 14.7 Å². The van der Waals surface area contributed by atoms with Crippen molar-refractivity contribution in [3.63, 3.8) is 0 Å². The highest BCUT2D eigenvalue weighted by atomic mass is 35.5. The maximum Gasteiger partial charge on any atom is 0.271 e. The van der Waals surface area contributed by atoms with Crippen molar-refractivity contribution in [2.45, 2.75) is 35.9 Å². The Kier molecular flexibility index (Phi) is 9.25. The lowest BCUT2D eigenvalue weighted by Crippen LogP contribution is -2.59. The first-order chi connectivity index (χ1) is 22.5. The van der Waals surface area contributed by atoms with Crippen molar-refractivity contribution >= 4 is 39.1 Å². The van der Waals surface area contributed by atoms with Crippen LogP contribution in [0.1, 0.15) is 29.5 Å². The monoisotopic (exact) mass is 682 g/mol. The van der Waals surface area contributed by atoms with Crippen LogP contribution < -0.4 is 13.8 Å². The molecule has 0 radical (unpaired) electrons. The number of likely N-dealkylation sites (N-methyl/N-ethyl adjacent to an activating group) is 1. The Morgan fingerprint density at radius 2 is 1.70 bits per heavy atom. The highest BCUT2D eigenvalue weighted by Gasteiger charge is 2.63. The molecule has 2 fully saturated rings. The highest BCUT2D eigenvalue weighted by molar-refractivity contribution is 7.93. The fraction of sp³-hybridized carbons (Fsp3) is 0.412. The lowest BCUT2D eigenvalue weighted by Gasteiger charge is -2.42. The number of hydrogen-bond donors (Lipinski definition) is 0. The summed E-state index contributed by atoms with van der Waals surface area (Å²) < 4.78 is 46.6. The molecule has 0 saturated carbocycles. The second-order valence-corrected chi connectivity index (χ2v) is 14.4. The molecule has 1 unspecified atom stereocenters. The van der Waals surface area contributed by atoms with Crippen LogP contribution in [0, 0.1) is 0 Å². The third kappa shape index (κ3) is 5.65. The number of carbonyl (C=O) groups excluding carboxylic acids is 2.